The highest BCUT2D eigenvalue weighted by molar-refractivity contribution is 7.89. The van der Waals surface area contributed by atoms with Crippen molar-refractivity contribution in [1.29, 1.82) is 0 Å². The van der Waals surface area contributed by atoms with E-state index in [1.54, 1.807) is 0 Å². The molecule has 0 spiro atoms. The maximum Gasteiger partial charge on any atom is 0.257 e. The number of carbonyl (C=O) groups excluding carboxylic acids is 1. The normalized spacial score (nSPS) is 14.8. The van der Waals surface area contributed by atoms with Crippen molar-refractivity contribution in [3.8, 4) is 10.6 Å². The molecule has 0 unspecified atom stereocenters. The number of hydrogen-bond acceptors (Lipinski definition) is 6. The van der Waals surface area contributed by atoms with Crippen LogP contribution in [0.2, 0.25) is 0 Å². The van der Waals surface area contributed by atoms with Crippen LogP contribution in [0, 0.1) is 6.92 Å². The molecule has 3 aromatic rings. The maximum absolute atomic E-state index is 12.6. The first-order valence-electron chi connectivity index (χ1n) is 9.26. The summed E-state index contributed by atoms with van der Waals surface area (Å²) in [5.74, 6) is -0.359. The zero-order valence-electron chi connectivity index (χ0n) is 15.8. The zero-order valence-corrected chi connectivity index (χ0v) is 17.5. The van der Waals surface area contributed by atoms with Gasteiger partial charge in [0.05, 0.1) is 4.90 Å². The Labute approximate surface area is 173 Å². The van der Waals surface area contributed by atoms with Gasteiger partial charge in [0.25, 0.3) is 5.91 Å². The number of rotatable bonds is 5. The first-order valence-corrected chi connectivity index (χ1v) is 11.5. The number of nitrogens with one attached hydrogen (secondary N) is 1. The van der Waals surface area contributed by atoms with Crippen molar-refractivity contribution in [2.45, 2.75) is 24.7 Å². The minimum atomic E-state index is -3.49. The van der Waals surface area contributed by atoms with Gasteiger partial charge in [-0.3, -0.25) is 10.1 Å². The largest absolute Gasteiger partial charge is 0.296 e. The van der Waals surface area contributed by atoms with Crippen LogP contribution in [0.5, 0.6) is 0 Å². The summed E-state index contributed by atoms with van der Waals surface area (Å²) >= 11 is 1.29. The Hall–Kier alpha value is -2.62. The molecule has 2 aromatic carbocycles. The number of carbonyl (C=O) groups is 1. The third-order valence-electron chi connectivity index (χ3n) is 4.84. The second-order valence-electron chi connectivity index (χ2n) is 6.82. The van der Waals surface area contributed by atoms with E-state index in [-0.39, 0.29) is 10.8 Å². The number of aromatic nitrogens is 2. The lowest BCUT2D eigenvalue weighted by Crippen LogP contribution is -2.27. The summed E-state index contributed by atoms with van der Waals surface area (Å²) < 4.78 is 26.6. The Morgan fingerprint density at radius 2 is 1.72 bits per heavy atom. The highest BCUT2D eigenvalue weighted by atomic mass is 32.2. The predicted molar refractivity (Wildman–Crippen MR) is 112 cm³/mol. The first kappa shape index (κ1) is 19.7. The van der Waals surface area contributed by atoms with Gasteiger partial charge in [-0.05, 0) is 49.6 Å². The van der Waals surface area contributed by atoms with Gasteiger partial charge < -0.3 is 0 Å². The van der Waals surface area contributed by atoms with E-state index in [9.17, 15) is 13.2 Å². The summed E-state index contributed by atoms with van der Waals surface area (Å²) in [6, 6.07) is 13.8. The molecule has 1 aromatic heterocycles. The van der Waals surface area contributed by atoms with Gasteiger partial charge in [-0.25, -0.2) is 8.42 Å². The highest BCUT2D eigenvalue weighted by Crippen LogP contribution is 2.29. The maximum atomic E-state index is 12.6. The summed E-state index contributed by atoms with van der Waals surface area (Å²) in [6.07, 6.45) is 1.76. The smallest absolute Gasteiger partial charge is 0.257 e. The van der Waals surface area contributed by atoms with Gasteiger partial charge >= 0.3 is 0 Å². The molecule has 1 saturated heterocycles. The lowest BCUT2D eigenvalue weighted by atomic mass is 10.1. The average molecular weight is 429 g/mol. The van der Waals surface area contributed by atoms with E-state index >= 15 is 0 Å². The molecule has 0 radical (unpaired) electrons. The molecule has 29 heavy (non-hydrogen) atoms. The standard InChI is InChI=1S/C20H20N4O3S2/c1-14-6-2-3-7-17(14)19-22-23-20(28-19)21-18(25)15-8-10-16(11-9-15)29(26,27)24-12-4-5-13-24/h2-3,6-11H,4-5,12-13H2,1H3,(H,21,23,25). The first-order chi connectivity index (χ1) is 13.9. The molecule has 1 aliphatic rings. The quantitative estimate of drug-likeness (QED) is 0.671. The van der Waals surface area contributed by atoms with Gasteiger partial charge in [0.15, 0.2) is 0 Å². The molecule has 150 valence electrons. The van der Waals surface area contributed by atoms with E-state index in [1.807, 2.05) is 31.2 Å². The molecule has 1 N–H and O–H groups in total. The van der Waals surface area contributed by atoms with Crippen molar-refractivity contribution in [2.24, 2.45) is 0 Å². The van der Waals surface area contributed by atoms with Gasteiger partial charge in [-0.2, -0.15) is 4.31 Å². The number of nitrogens with zero attached hydrogens (tertiary/aromatic N) is 3. The van der Waals surface area contributed by atoms with Crippen LogP contribution < -0.4 is 5.32 Å². The highest BCUT2D eigenvalue weighted by Gasteiger charge is 2.27. The second kappa shape index (κ2) is 8.02. The number of aryl methyl sites for hydroxylation is 1. The summed E-state index contributed by atoms with van der Waals surface area (Å²) in [4.78, 5) is 12.7. The summed E-state index contributed by atoms with van der Waals surface area (Å²) in [7, 11) is -3.49. The molecule has 0 saturated carbocycles. The van der Waals surface area contributed by atoms with Crippen LogP contribution in [0.15, 0.2) is 53.4 Å². The SMILES string of the molecule is Cc1ccccc1-c1nnc(NC(=O)c2ccc(S(=O)(=O)N3CCCC3)cc2)s1. The second-order valence-corrected chi connectivity index (χ2v) is 9.73. The van der Waals surface area contributed by atoms with Crippen LogP contribution in [0.25, 0.3) is 10.6 Å². The van der Waals surface area contributed by atoms with Crippen LogP contribution in [0.4, 0.5) is 5.13 Å². The lowest BCUT2D eigenvalue weighted by Gasteiger charge is -2.15. The van der Waals surface area contributed by atoms with Crippen LogP contribution in [0.1, 0.15) is 28.8 Å². The fourth-order valence-corrected chi connectivity index (χ4v) is 5.57. The minimum Gasteiger partial charge on any atom is -0.296 e. The van der Waals surface area contributed by atoms with Crippen LogP contribution in [-0.4, -0.2) is 41.9 Å². The van der Waals surface area contributed by atoms with Gasteiger partial charge in [0.1, 0.15) is 5.01 Å². The molecule has 7 nitrogen and oxygen atoms in total. The molecule has 1 fully saturated rings. The van der Waals surface area contributed by atoms with Gasteiger partial charge in [-0.15, -0.1) is 10.2 Å². The molecule has 0 aliphatic carbocycles. The number of benzene rings is 2. The van der Waals surface area contributed by atoms with E-state index in [0.29, 0.717) is 23.8 Å². The van der Waals surface area contributed by atoms with E-state index in [2.05, 4.69) is 15.5 Å². The Morgan fingerprint density at radius 1 is 1.03 bits per heavy atom. The molecular formula is C20H20N4O3S2. The monoisotopic (exact) mass is 428 g/mol. The summed E-state index contributed by atoms with van der Waals surface area (Å²) in [5.41, 5.74) is 2.41. The van der Waals surface area contributed by atoms with Crippen molar-refractivity contribution < 1.29 is 13.2 Å². The van der Waals surface area contributed by atoms with Crippen molar-refractivity contribution in [3.05, 3.63) is 59.7 Å². The third-order valence-corrected chi connectivity index (χ3v) is 7.63. The molecule has 1 amide bonds. The number of amides is 1. The molecule has 2 heterocycles. The van der Waals surface area contributed by atoms with E-state index in [4.69, 9.17) is 0 Å². The number of anilines is 1. The topological polar surface area (TPSA) is 92.3 Å². The Kier molecular flexibility index (Phi) is 5.44. The minimum absolute atomic E-state index is 0.203. The molecule has 1 aliphatic heterocycles. The Balaban J connectivity index is 1.47. The van der Waals surface area contributed by atoms with E-state index in [1.165, 1.54) is 39.9 Å². The summed E-state index contributed by atoms with van der Waals surface area (Å²) in [5, 5.41) is 12.0. The zero-order chi connectivity index (χ0) is 20.4. The lowest BCUT2D eigenvalue weighted by molar-refractivity contribution is 0.102. The van der Waals surface area contributed by atoms with Crippen molar-refractivity contribution >= 4 is 32.4 Å². The van der Waals surface area contributed by atoms with Gasteiger partial charge in [0, 0.05) is 24.2 Å². The fraction of sp³-hybridized carbons (Fsp3) is 0.250. The van der Waals surface area contributed by atoms with Crippen molar-refractivity contribution in [2.75, 3.05) is 18.4 Å². The van der Waals surface area contributed by atoms with E-state index in [0.717, 1.165) is 29.0 Å². The van der Waals surface area contributed by atoms with Crippen LogP contribution in [0.3, 0.4) is 0 Å². The fourth-order valence-electron chi connectivity index (χ4n) is 3.22. The molecule has 4 rings (SSSR count). The molecular weight excluding hydrogens is 408 g/mol. The predicted octanol–water partition coefficient (Wildman–Crippen LogP) is 3.55. The van der Waals surface area contributed by atoms with Crippen LogP contribution in [-0.2, 0) is 10.0 Å². The molecule has 9 heteroatoms. The van der Waals surface area contributed by atoms with Crippen LogP contribution >= 0.6 is 11.3 Å². The van der Waals surface area contributed by atoms with Gasteiger partial charge in [0.2, 0.25) is 15.2 Å². The third kappa shape index (κ3) is 4.07. The Bertz CT molecular complexity index is 1130. The van der Waals surface area contributed by atoms with Crippen molar-refractivity contribution in [1.82, 2.24) is 14.5 Å². The number of hydrogen-bond donors (Lipinski definition) is 1. The summed E-state index contributed by atoms with van der Waals surface area (Å²) in [6.45, 7) is 3.09. The molecule has 0 atom stereocenters. The van der Waals surface area contributed by atoms with Gasteiger partial charge in [-0.1, -0.05) is 35.6 Å². The van der Waals surface area contributed by atoms with E-state index < -0.39 is 10.0 Å². The average Bonchev–Trinajstić information content (AvgIpc) is 3.41. The Morgan fingerprint density at radius 3 is 2.41 bits per heavy atom. The number of sulfonamides is 1. The van der Waals surface area contributed by atoms with Crippen molar-refractivity contribution in [3.63, 3.8) is 0 Å². The molecule has 0 bridgehead atoms.